The van der Waals surface area contributed by atoms with Crippen molar-refractivity contribution >= 4 is 17.4 Å². The summed E-state index contributed by atoms with van der Waals surface area (Å²) >= 11 is 1.71. The van der Waals surface area contributed by atoms with Gasteiger partial charge in [-0.25, -0.2) is 4.39 Å². The number of hydrogen-bond acceptors (Lipinski definition) is 2. The summed E-state index contributed by atoms with van der Waals surface area (Å²) in [6.45, 7) is 0.635. The highest BCUT2D eigenvalue weighted by Crippen LogP contribution is 2.19. The first-order valence-electron chi connectivity index (χ1n) is 5.40. The van der Waals surface area contributed by atoms with Crippen molar-refractivity contribution in [3.63, 3.8) is 0 Å². The van der Waals surface area contributed by atoms with E-state index in [0.29, 0.717) is 6.54 Å². The summed E-state index contributed by atoms with van der Waals surface area (Å²) in [7, 11) is 0. The summed E-state index contributed by atoms with van der Waals surface area (Å²) in [5.41, 5.74) is 2.00. The lowest BCUT2D eigenvalue weighted by Gasteiger charge is -2.07. The van der Waals surface area contributed by atoms with Crippen molar-refractivity contribution in [2.75, 3.05) is 11.6 Å². The van der Waals surface area contributed by atoms with Crippen LogP contribution >= 0.6 is 11.8 Å². The second-order valence-electron chi connectivity index (χ2n) is 3.72. The van der Waals surface area contributed by atoms with Gasteiger partial charge in [0.15, 0.2) is 0 Å². The first kappa shape index (κ1) is 12.0. The fourth-order valence-electron chi connectivity index (χ4n) is 1.58. The number of thioether (sulfide) groups is 1. The molecule has 0 spiro atoms. The lowest BCUT2D eigenvalue weighted by Crippen LogP contribution is -1.99. The number of rotatable bonds is 4. The Labute approximate surface area is 105 Å². The van der Waals surface area contributed by atoms with E-state index >= 15 is 0 Å². The lowest BCUT2D eigenvalue weighted by molar-refractivity contribution is 0.626. The van der Waals surface area contributed by atoms with Crippen LogP contribution in [0.1, 0.15) is 5.56 Å². The maximum Gasteiger partial charge on any atom is 0.123 e. The fourth-order valence-corrected chi connectivity index (χ4v) is 2.04. The minimum atomic E-state index is -0.192. The Kier molecular flexibility index (Phi) is 4.04. The van der Waals surface area contributed by atoms with Crippen LogP contribution in [0.25, 0.3) is 0 Å². The molecular formula is C14H14FNS. The molecule has 1 N–H and O–H groups in total. The van der Waals surface area contributed by atoms with Gasteiger partial charge in [-0.1, -0.05) is 18.2 Å². The average molecular weight is 247 g/mol. The molecule has 0 saturated carbocycles. The van der Waals surface area contributed by atoms with Crippen molar-refractivity contribution in [3.8, 4) is 0 Å². The molecule has 0 aliphatic rings. The maximum absolute atomic E-state index is 13.0. The van der Waals surface area contributed by atoms with Gasteiger partial charge >= 0.3 is 0 Å². The summed E-state index contributed by atoms with van der Waals surface area (Å²) in [4.78, 5) is 1.22. The van der Waals surface area contributed by atoms with Gasteiger partial charge in [-0.05, 0) is 42.2 Å². The van der Waals surface area contributed by atoms with E-state index in [-0.39, 0.29) is 5.82 Å². The summed E-state index contributed by atoms with van der Waals surface area (Å²) in [6, 6.07) is 14.8. The predicted octanol–water partition coefficient (Wildman–Crippen LogP) is 4.16. The van der Waals surface area contributed by atoms with Crippen LogP contribution in [0, 0.1) is 5.82 Å². The van der Waals surface area contributed by atoms with Crippen molar-refractivity contribution in [1.82, 2.24) is 0 Å². The van der Waals surface area contributed by atoms with E-state index in [4.69, 9.17) is 0 Å². The van der Waals surface area contributed by atoms with Crippen LogP contribution in [0.5, 0.6) is 0 Å². The second-order valence-corrected chi connectivity index (χ2v) is 4.60. The van der Waals surface area contributed by atoms with Gasteiger partial charge in [-0.2, -0.15) is 0 Å². The van der Waals surface area contributed by atoms with Gasteiger partial charge < -0.3 is 5.32 Å². The van der Waals surface area contributed by atoms with Crippen LogP contribution in [0.2, 0.25) is 0 Å². The van der Waals surface area contributed by atoms with Gasteiger partial charge in [-0.3, -0.25) is 0 Å². The topological polar surface area (TPSA) is 12.0 Å². The van der Waals surface area contributed by atoms with E-state index < -0.39 is 0 Å². The Bertz CT molecular complexity index is 499. The molecule has 1 nitrogen and oxygen atoms in total. The van der Waals surface area contributed by atoms with Crippen LogP contribution in [0.15, 0.2) is 53.4 Å². The quantitative estimate of drug-likeness (QED) is 0.814. The third-order valence-electron chi connectivity index (χ3n) is 2.46. The van der Waals surface area contributed by atoms with Crippen molar-refractivity contribution in [2.45, 2.75) is 11.4 Å². The van der Waals surface area contributed by atoms with E-state index in [2.05, 4.69) is 17.4 Å². The highest BCUT2D eigenvalue weighted by molar-refractivity contribution is 7.98. The SMILES string of the molecule is CSc1cccc(NCc2cccc(F)c2)c1. The molecule has 0 aliphatic heterocycles. The van der Waals surface area contributed by atoms with E-state index in [1.807, 2.05) is 24.5 Å². The van der Waals surface area contributed by atoms with Gasteiger partial charge in [0.25, 0.3) is 0 Å². The molecule has 0 aromatic heterocycles. The molecule has 0 heterocycles. The Morgan fingerprint density at radius 2 is 1.94 bits per heavy atom. The summed E-state index contributed by atoms with van der Waals surface area (Å²) in [5, 5.41) is 3.28. The number of halogens is 1. The first-order chi connectivity index (χ1) is 8.28. The zero-order valence-corrected chi connectivity index (χ0v) is 10.4. The minimum absolute atomic E-state index is 0.192. The molecule has 0 atom stereocenters. The third kappa shape index (κ3) is 3.49. The molecule has 17 heavy (non-hydrogen) atoms. The normalized spacial score (nSPS) is 10.2. The molecule has 3 heteroatoms. The van der Waals surface area contributed by atoms with Crippen LogP contribution in [0.4, 0.5) is 10.1 Å². The van der Waals surface area contributed by atoms with E-state index in [0.717, 1.165) is 11.3 Å². The fraction of sp³-hybridized carbons (Fsp3) is 0.143. The largest absolute Gasteiger partial charge is 0.381 e. The van der Waals surface area contributed by atoms with Gasteiger partial charge in [-0.15, -0.1) is 11.8 Å². The van der Waals surface area contributed by atoms with E-state index in [1.165, 1.54) is 11.0 Å². The van der Waals surface area contributed by atoms with Crippen molar-refractivity contribution < 1.29 is 4.39 Å². The Morgan fingerprint density at radius 1 is 1.12 bits per heavy atom. The second kappa shape index (κ2) is 5.73. The van der Waals surface area contributed by atoms with Gasteiger partial charge in [0.1, 0.15) is 5.82 Å². The number of nitrogens with one attached hydrogen (secondary N) is 1. The van der Waals surface area contributed by atoms with E-state index in [9.17, 15) is 4.39 Å². The molecule has 2 aromatic rings. The Balaban J connectivity index is 2.02. The van der Waals surface area contributed by atoms with Gasteiger partial charge in [0.05, 0.1) is 0 Å². The third-order valence-corrected chi connectivity index (χ3v) is 3.18. The smallest absolute Gasteiger partial charge is 0.123 e. The number of benzene rings is 2. The number of hydrogen-bond donors (Lipinski definition) is 1. The van der Waals surface area contributed by atoms with Crippen LogP contribution in [0.3, 0.4) is 0 Å². The highest BCUT2D eigenvalue weighted by Gasteiger charge is 1.97. The summed E-state index contributed by atoms with van der Waals surface area (Å²) < 4.78 is 13.0. The molecule has 0 bridgehead atoms. The van der Waals surface area contributed by atoms with Gasteiger partial charge in [0.2, 0.25) is 0 Å². The zero-order chi connectivity index (χ0) is 12.1. The molecule has 2 aromatic carbocycles. The molecule has 0 unspecified atom stereocenters. The van der Waals surface area contributed by atoms with Crippen LogP contribution in [-0.2, 0) is 6.54 Å². The molecule has 0 saturated heterocycles. The van der Waals surface area contributed by atoms with Gasteiger partial charge in [0, 0.05) is 17.1 Å². The molecule has 0 radical (unpaired) electrons. The van der Waals surface area contributed by atoms with Crippen molar-refractivity contribution in [2.24, 2.45) is 0 Å². The maximum atomic E-state index is 13.0. The predicted molar refractivity (Wildman–Crippen MR) is 71.9 cm³/mol. The number of anilines is 1. The van der Waals surface area contributed by atoms with Crippen molar-refractivity contribution in [3.05, 3.63) is 59.9 Å². The molecule has 0 fully saturated rings. The van der Waals surface area contributed by atoms with Crippen molar-refractivity contribution in [1.29, 1.82) is 0 Å². The minimum Gasteiger partial charge on any atom is -0.381 e. The average Bonchev–Trinajstić information content (AvgIpc) is 2.37. The monoisotopic (exact) mass is 247 g/mol. The Morgan fingerprint density at radius 3 is 2.71 bits per heavy atom. The molecule has 0 amide bonds. The lowest BCUT2D eigenvalue weighted by atomic mass is 10.2. The van der Waals surface area contributed by atoms with Crippen LogP contribution in [-0.4, -0.2) is 6.26 Å². The highest BCUT2D eigenvalue weighted by atomic mass is 32.2. The molecular weight excluding hydrogens is 233 g/mol. The molecule has 2 rings (SSSR count). The first-order valence-corrected chi connectivity index (χ1v) is 6.63. The zero-order valence-electron chi connectivity index (χ0n) is 9.61. The molecule has 88 valence electrons. The van der Waals surface area contributed by atoms with E-state index in [1.54, 1.807) is 23.9 Å². The van der Waals surface area contributed by atoms with Crippen LogP contribution < -0.4 is 5.32 Å². The Hall–Kier alpha value is -1.48. The summed E-state index contributed by atoms with van der Waals surface area (Å²) in [5.74, 6) is -0.192. The molecule has 0 aliphatic carbocycles. The summed E-state index contributed by atoms with van der Waals surface area (Å²) in [6.07, 6.45) is 2.05. The standard InChI is InChI=1S/C14H14FNS/c1-17-14-7-3-6-13(9-14)16-10-11-4-2-5-12(15)8-11/h2-9,16H,10H2,1H3.